The number of unbranched alkanes of at least 4 members (excludes halogenated alkanes) is 8. The zero-order valence-corrected chi connectivity index (χ0v) is 12.3. The highest BCUT2D eigenvalue weighted by atomic mass is 16.4. The molecule has 0 atom stereocenters. The Morgan fingerprint density at radius 3 is 1.44 bits per heavy atom. The van der Waals surface area contributed by atoms with Gasteiger partial charge in [-0.25, -0.2) is 0 Å². The molecule has 0 saturated carbocycles. The van der Waals surface area contributed by atoms with Crippen LogP contribution < -0.4 is 0 Å². The molecule has 0 fully saturated rings. The maximum absolute atomic E-state index is 10.7. The van der Waals surface area contributed by atoms with Crippen LogP contribution in [0.15, 0.2) is 0 Å². The number of hydrogen-bond acceptors (Lipinski definition) is 2. The van der Waals surface area contributed by atoms with Gasteiger partial charge in [-0.15, -0.1) is 0 Å². The summed E-state index contributed by atoms with van der Waals surface area (Å²) in [6.07, 6.45) is 12.7. The fourth-order valence-corrected chi connectivity index (χ4v) is 1.68. The van der Waals surface area contributed by atoms with Gasteiger partial charge >= 0.3 is 0 Å². The Bertz CT molecular complexity index is 196. The fourth-order valence-electron chi connectivity index (χ4n) is 1.68. The number of ketones is 1. The highest BCUT2D eigenvalue weighted by Crippen LogP contribution is 2.10. The molecule has 0 aliphatic carbocycles. The molecule has 0 unspecified atom stereocenters. The molecule has 0 rings (SSSR count). The van der Waals surface area contributed by atoms with Crippen molar-refractivity contribution in [1.82, 2.24) is 0 Å². The van der Waals surface area contributed by atoms with Gasteiger partial charge < -0.3 is 9.90 Å². The maximum Gasteiger partial charge on any atom is 0.300 e. The number of carbonyl (C=O) groups excluding carboxylic acids is 1. The van der Waals surface area contributed by atoms with Gasteiger partial charge in [-0.3, -0.25) is 4.79 Å². The fraction of sp³-hybridized carbons (Fsp3) is 0.867. The number of carbonyl (C=O) groups is 2. The quantitative estimate of drug-likeness (QED) is 0.583. The van der Waals surface area contributed by atoms with Gasteiger partial charge in [0, 0.05) is 13.3 Å². The Kier molecular flexibility index (Phi) is 17.5. The van der Waals surface area contributed by atoms with E-state index in [9.17, 15) is 4.79 Å². The summed E-state index contributed by atoms with van der Waals surface area (Å²) < 4.78 is 0. The number of rotatable bonds is 10. The number of Topliss-reactive ketones (excluding diaryl/α,β-unsaturated/α-hetero) is 1. The summed E-state index contributed by atoms with van der Waals surface area (Å²) in [7, 11) is 0. The molecule has 0 aromatic rings. The standard InChI is InChI=1S/C13H26O.C2H4O2/c1-3-4-5-6-7-8-9-10-11-12-13(2)14;1-2(3)4/h3-12H2,1-2H3;1H3,(H,3,4). The molecule has 0 aromatic heterocycles. The van der Waals surface area contributed by atoms with Crippen LogP contribution in [0.1, 0.15) is 85.0 Å². The third kappa shape index (κ3) is 29.4. The third-order valence-electron chi connectivity index (χ3n) is 2.63. The summed E-state index contributed by atoms with van der Waals surface area (Å²) in [5, 5.41) is 7.42. The van der Waals surface area contributed by atoms with E-state index in [2.05, 4.69) is 6.92 Å². The van der Waals surface area contributed by atoms with E-state index in [-0.39, 0.29) is 0 Å². The minimum absolute atomic E-state index is 0.341. The molecule has 0 aromatic carbocycles. The molecular weight excluding hydrogens is 228 g/mol. The first kappa shape index (κ1) is 19.5. The largest absolute Gasteiger partial charge is 0.481 e. The minimum atomic E-state index is -0.833. The number of carboxylic acid groups (broad SMARTS) is 1. The van der Waals surface area contributed by atoms with Crippen molar-refractivity contribution in [3.63, 3.8) is 0 Å². The van der Waals surface area contributed by atoms with Crippen molar-refractivity contribution < 1.29 is 14.7 Å². The van der Waals surface area contributed by atoms with Gasteiger partial charge in [-0.05, 0) is 13.3 Å². The minimum Gasteiger partial charge on any atom is -0.481 e. The summed E-state index contributed by atoms with van der Waals surface area (Å²) in [5.41, 5.74) is 0. The van der Waals surface area contributed by atoms with Gasteiger partial charge in [0.25, 0.3) is 5.97 Å². The molecule has 0 saturated heterocycles. The maximum atomic E-state index is 10.7. The molecule has 0 aliphatic heterocycles. The lowest BCUT2D eigenvalue weighted by molar-refractivity contribution is -0.134. The molecule has 0 heterocycles. The van der Waals surface area contributed by atoms with Gasteiger partial charge in [-0.1, -0.05) is 58.3 Å². The van der Waals surface area contributed by atoms with Crippen molar-refractivity contribution >= 4 is 11.8 Å². The Morgan fingerprint density at radius 1 is 0.778 bits per heavy atom. The zero-order valence-electron chi connectivity index (χ0n) is 12.3. The number of carboxylic acids is 1. The first-order valence-electron chi connectivity index (χ1n) is 7.19. The van der Waals surface area contributed by atoms with E-state index in [0.717, 1.165) is 19.8 Å². The van der Waals surface area contributed by atoms with Crippen molar-refractivity contribution in [2.75, 3.05) is 0 Å². The van der Waals surface area contributed by atoms with E-state index in [1.165, 1.54) is 51.4 Å². The average molecular weight is 258 g/mol. The number of aliphatic carboxylic acids is 1. The molecule has 1 N–H and O–H groups in total. The monoisotopic (exact) mass is 258 g/mol. The van der Waals surface area contributed by atoms with Crippen LogP contribution in [0.25, 0.3) is 0 Å². The molecule has 0 spiro atoms. The van der Waals surface area contributed by atoms with Crippen LogP contribution in [0, 0.1) is 0 Å². The predicted octanol–water partition coefficient (Wildman–Crippen LogP) is 4.59. The Hall–Kier alpha value is -0.860. The lowest BCUT2D eigenvalue weighted by Crippen LogP contribution is -1.89. The highest BCUT2D eigenvalue weighted by Gasteiger charge is 1.94. The first-order chi connectivity index (χ1) is 8.50. The third-order valence-corrected chi connectivity index (χ3v) is 2.63. The second-order valence-corrected chi connectivity index (χ2v) is 4.80. The average Bonchev–Trinajstić information content (AvgIpc) is 2.26. The molecule has 0 radical (unpaired) electrons. The van der Waals surface area contributed by atoms with Gasteiger partial charge in [0.2, 0.25) is 0 Å². The van der Waals surface area contributed by atoms with Crippen LogP contribution >= 0.6 is 0 Å². The summed E-state index contributed by atoms with van der Waals surface area (Å²) in [6, 6.07) is 0. The smallest absolute Gasteiger partial charge is 0.300 e. The second kappa shape index (κ2) is 16.1. The Morgan fingerprint density at radius 2 is 1.11 bits per heavy atom. The van der Waals surface area contributed by atoms with Crippen molar-refractivity contribution in [1.29, 1.82) is 0 Å². The topological polar surface area (TPSA) is 54.4 Å². The van der Waals surface area contributed by atoms with Crippen molar-refractivity contribution in [2.45, 2.75) is 85.0 Å². The molecule has 3 heteroatoms. The lowest BCUT2D eigenvalue weighted by Gasteiger charge is -2.00. The van der Waals surface area contributed by atoms with Crippen LogP contribution in [0.5, 0.6) is 0 Å². The van der Waals surface area contributed by atoms with Gasteiger partial charge in [0.1, 0.15) is 5.78 Å². The van der Waals surface area contributed by atoms with Crippen molar-refractivity contribution in [3.8, 4) is 0 Å². The Labute approximate surface area is 112 Å². The molecule has 18 heavy (non-hydrogen) atoms. The molecule has 0 aliphatic rings. The first-order valence-corrected chi connectivity index (χ1v) is 7.19. The van der Waals surface area contributed by atoms with Gasteiger partial charge in [-0.2, -0.15) is 0 Å². The van der Waals surface area contributed by atoms with Crippen LogP contribution in [0.2, 0.25) is 0 Å². The lowest BCUT2D eigenvalue weighted by atomic mass is 10.1. The van der Waals surface area contributed by atoms with Crippen LogP contribution in [0.4, 0.5) is 0 Å². The predicted molar refractivity (Wildman–Crippen MR) is 75.8 cm³/mol. The Balaban J connectivity index is 0. The zero-order chi connectivity index (χ0) is 14.2. The normalized spacial score (nSPS) is 9.50. The van der Waals surface area contributed by atoms with Crippen LogP contribution in [0.3, 0.4) is 0 Å². The second-order valence-electron chi connectivity index (χ2n) is 4.80. The van der Waals surface area contributed by atoms with Gasteiger partial charge in [0.15, 0.2) is 0 Å². The molecule has 0 bridgehead atoms. The summed E-state index contributed by atoms with van der Waals surface area (Å²) in [4.78, 5) is 19.7. The van der Waals surface area contributed by atoms with E-state index in [1.54, 1.807) is 6.92 Å². The van der Waals surface area contributed by atoms with Gasteiger partial charge in [0.05, 0.1) is 0 Å². The SMILES string of the molecule is CC(=O)O.CCCCCCCCCCCC(C)=O. The van der Waals surface area contributed by atoms with Crippen LogP contribution in [-0.4, -0.2) is 16.9 Å². The van der Waals surface area contributed by atoms with E-state index in [0.29, 0.717) is 5.78 Å². The number of hydrogen-bond donors (Lipinski definition) is 1. The molecule has 108 valence electrons. The van der Waals surface area contributed by atoms with Crippen molar-refractivity contribution in [2.24, 2.45) is 0 Å². The molecule has 3 nitrogen and oxygen atoms in total. The highest BCUT2D eigenvalue weighted by molar-refractivity contribution is 5.75. The van der Waals surface area contributed by atoms with E-state index in [4.69, 9.17) is 9.90 Å². The van der Waals surface area contributed by atoms with E-state index >= 15 is 0 Å². The summed E-state index contributed by atoms with van der Waals surface area (Å²) in [5.74, 6) is -0.493. The molecular formula is C15H30O3. The molecule has 0 amide bonds. The van der Waals surface area contributed by atoms with E-state index < -0.39 is 5.97 Å². The van der Waals surface area contributed by atoms with Crippen LogP contribution in [-0.2, 0) is 9.59 Å². The van der Waals surface area contributed by atoms with E-state index in [1.807, 2.05) is 0 Å². The summed E-state index contributed by atoms with van der Waals surface area (Å²) >= 11 is 0. The summed E-state index contributed by atoms with van der Waals surface area (Å²) in [6.45, 7) is 5.02. The van der Waals surface area contributed by atoms with Crippen molar-refractivity contribution in [3.05, 3.63) is 0 Å².